The molecule has 25 heavy (non-hydrogen) atoms. The van der Waals surface area contributed by atoms with E-state index in [2.05, 4.69) is 0 Å². The van der Waals surface area contributed by atoms with Gasteiger partial charge in [0.1, 0.15) is 12.3 Å². The molecule has 0 aromatic heterocycles. The van der Waals surface area contributed by atoms with Gasteiger partial charge in [-0.25, -0.2) is 0 Å². The second-order valence-electron chi connectivity index (χ2n) is 6.51. The topological polar surface area (TPSA) is 29.5 Å². The first-order valence-electron chi connectivity index (χ1n) is 8.31. The standard InChI is InChI=1S/C19H20F3NO2/c1-13(14-6-7-14)23(12-19(20,21)22)18(24)11-25-17-9-8-15-4-2-3-5-16(15)10-17/h2-5,8-10,13-14H,6-7,11-12H2,1H3/t13-/m0/s1. The van der Waals surface area contributed by atoms with Crippen LogP contribution in [-0.4, -0.2) is 36.2 Å². The molecular weight excluding hydrogens is 331 g/mol. The van der Waals surface area contributed by atoms with Crippen molar-refractivity contribution in [3.63, 3.8) is 0 Å². The molecule has 1 aliphatic carbocycles. The molecule has 0 unspecified atom stereocenters. The molecule has 1 amide bonds. The van der Waals surface area contributed by atoms with Crippen LogP contribution in [-0.2, 0) is 4.79 Å². The van der Waals surface area contributed by atoms with Gasteiger partial charge in [0.2, 0.25) is 0 Å². The van der Waals surface area contributed by atoms with Crippen LogP contribution in [0.15, 0.2) is 42.5 Å². The van der Waals surface area contributed by atoms with Gasteiger partial charge in [-0.2, -0.15) is 13.2 Å². The maximum Gasteiger partial charge on any atom is 0.406 e. The van der Waals surface area contributed by atoms with Crippen LogP contribution in [0, 0.1) is 5.92 Å². The molecule has 1 aliphatic rings. The van der Waals surface area contributed by atoms with Gasteiger partial charge >= 0.3 is 6.18 Å². The third-order valence-corrected chi connectivity index (χ3v) is 4.55. The number of benzene rings is 2. The van der Waals surface area contributed by atoms with E-state index >= 15 is 0 Å². The van der Waals surface area contributed by atoms with Gasteiger partial charge in [0, 0.05) is 6.04 Å². The van der Waals surface area contributed by atoms with Gasteiger partial charge in [0.05, 0.1) is 0 Å². The van der Waals surface area contributed by atoms with Crippen molar-refractivity contribution in [2.75, 3.05) is 13.2 Å². The smallest absolute Gasteiger partial charge is 0.406 e. The van der Waals surface area contributed by atoms with Gasteiger partial charge in [-0.1, -0.05) is 30.3 Å². The van der Waals surface area contributed by atoms with E-state index in [-0.39, 0.29) is 5.92 Å². The minimum atomic E-state index is -4.41. The lowest BCUT2D eigenvalue weighted by Crippen LogP contribution is -2.47. The van der Waals surface area contributed by atoms with Crippen molar-refractivity contribution in [1.29, 1.82) is 0 Å². The molecule has 1 fully saturated rings. The Bertz CT molecular complexity index is 756. The lowest BCUT2D eigenvalue weighted by atomic mass is 10.1. The first kappa shape index (κ1) is 17.6. The number of carbonyl (C=O) groups is 1. The predicted molar refractivity (Wildman–Crippen MR) is 89.4 cm³/mol. The minimum absolute atomic E-state index is 0.159. The fourth-order valence-electron chi connectivity index (χ4n) is 2.97. The lowest BCUT2D eigenvalue weighted by Gasteiger charge is -2.30. The van der Waals surface area contributed by atoms with Crippen molar-refractivity contribution in [2.24, 2.45) is 5.92 Å². The number of halogens is 3. The summed E-state index contributed by atoms with van der Waals surface area (Å²) in [5.41, 5.74) is 0. The number of rotatable bonds is 6. The highest BCUT2D eigenvalue weighted by Crippen LogP contribution is 2.36. The number of ether oxygens (including phenoxy) is 1. The van der Waals surface area contributed by atoms with Crippen LogP contribution in [0.1, 0.15) is 19.8 Å². The quantitative estimate of drug-likeness (QED) is 0.772. The normalized spacial score (nSPS) is 15.8. The molecule has 6 heteroatoms. The maximum atomic E-state index is 12.8. The molecule has 2 aromatic rings. The van der Waals surface area contributed by atoms with Crippen molar-refractivity contribution in [3.05, 3.63) is 42.5 Å². The molecule has 1 atom stereocenters. The fourth-order valence-corrected chi connectivity index (χ4v) is 2.97. The zero-order valence-corrected chi connectivity index (χ0v) is 13.9. The van der Waals surface area contributed by atoms with Gasteiger partial charge in [-0.05, 0) is 48.6 Å². The zero-order chi connectivity index (χ0) is 18.0. The van der Waals surface area contributed by atoms with Crippen LogP contribution >= 0.6 is 0 Å². The van der Waals surface area contributed by atoms with E-state index in [9.17, 15) is 18.0 Å². The molecule has 0 saturated heterocycles. The van der Waals surface area contributed by atoms with E-state index in [1.165, 1.54) is 0 Å². The van der Waals surface area contributed by atoms with Gasteiger partial charge in [-0.15, -0.1) is 0 Å². The summed E-state index contributed by atoms with van der Waals surface area (Å²) in [5, 5.41) is 1.98. The monoisotopic (exact) mass is 351 g/mol. The zero-order valence-electron chi connectivity index (χ0n) is 13.9. The number of hydrogen-bond acceptors (Lipinski definition) is 2. The molecule has 3 nitrogen and oxygen atoms in total. The Morgan fingerprint density at radius 3 is 2.52 bits per heavy atom. The summed E-state index contributed by atoms with van der Waals surface area (Å²) in [6.07, 6.45) is -2.68. The van der Waals surface area contributed by atoms with Crippen molar-refractivity contribution in [3.8, 4) is 5.75 Å². The van der Waals surface area contributed by atoms with Crippen LogP contribution in [0.25, 0.3) is 10.8 Å². The number of amides is 1. The third-order valence-electron chi connectivity index (χ3n) is 4.55. The summed E-state index contributed by atoms with van der Waals surface area (Å²) >= 11 is 0. The molecule has 0 heterocycles. The van der Waals surface area contributed by atoms with Crippen LogP contribution in [0.2, 0.25) is 0 Å². The number of fused-ring (bicyclic) bond motifs is 1. The molecule has 1 saturated carbocycles. The number of hydrogen-bond donors (Lipinski definition) is 0. The molecule has 0 bridgehead atoms. The van der Waals surface area contributed by atoms with E-state index in [1.807, 2.05) is 30.3 Å². The van der Waals surface area contributed by atoms with E-state index in [0.29, 0.717) is 5.75 Å². The average molecular weight is 351 g/mol. The number of nitrogens with zero attached hydrogens (tertiary/aromatic N) is 1. The van der Waals surface area contributed by atoms with Gasteiger partial charge in [-0.3, -0.25) is 4.79 Å². The summed E-state index contributed by atoms with van der Waals surface area (Å²) in [7, 11) is 0. The molecule has 0 radical (unpaired) electrons. The van der Waals surface area contributed by atoms with Crippen LogP contribution in [0.3, 0.4) is 0 Å². The van der Waals surface area contributed by atoms with Gasteiger partial charge in [0.15, 0.2) is 6.61 Å². The SMILES string of the molecule is C[C@@H](C1CC1)N(CC(F)(F)F)C(=O)COc1ccc2ccccc2c1. The van der Waals surface area contributed by atoms with Crippen molar-refractivity contribution < 1.29 is 22.7 Å². The van der Waals surface area contributed by atoms with E-state index in [0.717, 1.165) is 28.5 Å². The summed E-state index contributed by atoms with van der Waals surface area (Å²) in [5.74, 6) is -0.00469. The van der Waals surface area contributed by atoms with E-state index < -0.39 is 31.3 Å². The second-order valence-corrected chi connectivity index (χ2v) is 6.51. The highest BCUT2D eigenvalue weighted by atomic mass is 19.4. The Labute approximate surface area is 144 Å². The van der Waals surface area contributed by atoms with Crippen LogP contribution in [0.4, 0.5) is 13.2 Å². The molecule has 134 valence electrons. The fraction of sp³-hybridized carbons (Fsp3) is 0.421. The maximum absolute atomic E-state index is 12.8. The Morgan fingerprint density at radius 1 is 1.20 bits per heavy atom. The molecule has 2 aromatic carbocycles. The molecular formula is C19H20F3NO2. The Kier molecular flexibility index (Phi) is 4.88. The molecule has 0 aliphatic heterocycles. The average Bonchev–Trinajstić information content (AvgIpc) is 3.41. The largest absolute Gasteiger partial charge is 0.484 e. The third kappa shape index (κ3) is 4.65. The predicted octanol–water partition coefficient (Wildman–Crippen LogP) is 4.41. The summed E-state index contributed by atoms with van der Waals surface area (Å²) in [4.78, 5) is 13.2. The highest BCUT2D eigenvalue weighted by Gasteiger charge is 2.40. The Morgan fingerprint density at radius 2 is 1.88 bits per heavy atom. The Hall–Kier alpha value is -2.24. The van der Waals surface area contributed by atoms with Crippen molar-refractivity contribution in [2.45, 2.75) is 32.0 Å². The number of alkyl halides is 3. The van der Waals surface area contributed by atoms with Gasteiger partial charge < -0.3 is 9.64 Å². The molecule has 0 spiro atoms. The summed E-state index contributed by atoms with van der Waals surface area (Å²) < 4.78 is 43.9. The van der Waals surface area contributed by atoms with Crippen LogP contribution < -0.4 is 4.74 Å². The van der Waals surface area contributed by atoms with E-state index in [1.54, 1.807) is 19.1 Å². The van der Waals surface area contributed by atoms with Crippen molar-refractivity contribution >= 4 is 16.7 Å². The highest BCUT2D eigenvalue weighted by molar-refractivity contribution is 5.84. The first-order valence-corrected chi connectivity index (χ1v) is 8.31. The molecule has 3 rings (SSSR count). The lowest BCUT2D eigenvalue weighted by molar-refractivity contribution is -0.167. The number of carbonyl (C=O) groups excluding carboxylic acids is 1. The second kappa shape index (κ2) is 6.94. The summed E-state index contributed by atoms with van der Waals surface area (Å²) in [6.45, 7) is 0.0490. The van der Waals surface area contributed by atoms with Crippen LogP contribution in [0.5, 0.6) is 5.75 Å². The Balaban J connectivity index is 1.67. The minimum Gasteiger partial charge on any atom is -0.484 e. The summed E-state index contributed by atoms with van der Waals surface area (Å²) in [6, 6.07) is 12.6. The first-order chi connectivity index (χ1) is 11.8. The van der Waals surface area contributed by atoms with Crippen molar-refractivity contribution in [1.82, 2.24) is 4.90 Å². The van der Waals surface area contributed by atoms with E-state index in [4.69, 9.17) is 4.74 Å². The molecule has 0 N–H and O–H groups in total. The van der Waals surface area contributed by atoms with Gasteiger partial charge in [0.25, 0.3) is 5.91 Å².